The molecule has 2 rings (SSSR count). The summed E-state index contributed by atoms with van der Waals surface area (Å²) in [5.74, 6) is 0. The topological polar surface area (TPSA) is 69.0 Å². The van der Waals surface area contributed by atoms with Crippen molar-refractivity contribution < 1.29 is 9.53 Å². The van der Waals surface area contributed by atoms with Gasteiger partial charge in [0.15, 0.2) is 0 Å². The van der Waals surface area contributed by atoms with E-state index in [1.807, 2.05) is 40.2 Å². The minimum Gasteiger partial charge on any atom is -0.444 e. The summed E-state index contributed by atoms with van der Waals surface area (Å²) in [6.07, 6.45) is 4.88. The minimum atomic E-state index is -0.475. The molecule has 1 amide bonds. The zero-order chi connectivity index (χ0) is 16.9. The maximum atomic E-state index is 11.6. The highest BCUT2D eigenvalue weighted by atomic mass is 32.1. The minimum absolute atomic E-state index is 0.387. The number of carbonyl (C=O) groups is 1. The zero-order valence-electron chi connectivity index (χ0n) is 14.1. The molecule has 7 heteroatoms. The second-order valence-corrected chi connectivity index (χ2v) is 7.33. The number of imidazole rings is 1. The third-order valence-corrected chi connectivity index (χ3v) is 4.11. The average molecular weight is 336 g/mol. The number of aryl methyl sites for hydroxylation is 3. The average Bonchev–Trinajstić information content (AvgIpc) is 3.03. The Bertz CT molecular complexity index is 643. The predicted octanol–water partition coefficient (Wildman–Crippen LogP) is 2.96. The molecule has 126 valence electrons. The molecule has 0 saturated carbocycles. The molecule has 0 atom stereocenters. The largest absolute Gasteiger partial charge is 0.444 e. The monoisotopic (exact) mass is 336 g/mol. The van der Waals surface area contributed by atoms with Crippen LogP contribution < -0.4 is 5.32 Å². The number of alkyl carbamates (subject to hydrolysis) is 1. The number of hydrogen-bond donors (Lipinski definition) is 1. The van der Waals surface area contributed by atoms with Crippen LogP contribution in [0.5, 0.6) is 0 Å². The fourth-order valence-corrected chi connectivity index (χ4v) is 2.86. The number of thiazole rings is 1. The van der Waals surface area contributed by atoms with E-state index in [0.29, 0.717) is 6.54 Å². The predicted molar refractivity (Wildman–Crippen MR) is 90.7 cm³/mol. The van der Waals surface area contributed by atoms with E-state index < -0.39 is 5.60 Å². The van der Waals surface area contributed by atoms with Gasteiger partial charge in [-0.3, -0.25) is 0 Å². The molecule has 2 aromatic rings. The number of rotatable bonds is 6. The molecule has 0 fully saturated rings. The van der Waals surface area contributed by atoms with Crippen LogP contribution in [-0.4, -0.2) is 32.8 Å². The van der Waals surface area contributed by atoms with E-state index >= 15 is 0 Å². The molecule has 0 aromatic carbocycles. The SMILES string of the molecule is Cc1csc(CCn2cncc2CCNC(=O)OC(C)(C)C)n1. The summed E-state index contributed by atoms with van der Waals surface area (Å²) in [6.45, 7) is 8.92. The first-order chi connectivity index (χ1) is 10.8. The van der Waals surface area contributed by atoms with Crippen molar-refractivity contribution in [2.75, 3.05) is 6.54 Å². The molecule has 2 aromatic heterocycles. The molecule has 23 heavy (non-hydrogen) atoms. The van der Waals surface area contributed by atoms with Gasteiger partial charge < -0.3 is 14.6 Å². The summed E-state index contributed by atoms with van der Waals surface area (Å²) in [5, 5.41) is 5.97. The lowest BCUT2D eigenvalue weighted by molar-refractivity contribution is 0.0528. The highest BCUT2D eigenvalue weighted by Gasteiger charge is 2.15. The summed E-state index contributed by atoms with van der Waals surface area (Å²) >= 11 is 1.69. The van der Waals surface area contributed by atoms with Gasteiger partial charge in [0.25, 0.3) is 0 Å². The number of aromatic nitrogens is 3. The van der Waals surface area contributed by atoms with Crippen molar-refractivity contribution >= 4 is 17.4 Å². The summed E-state index contributed by atoms with van der Waals surface area (Å²) in [4.78, 5) is 20.3. The number of hydrogen-bond acceptors (Lipinski definition) is 5. The zero-order valence-corrected chi connectivity index (χ0v) is 14.9. The van der Waals surface area contributed by atoms with E-state index in [1.54, 1.807) is 11.3 Å². The van der Waals surface area contributed by atoms with Crippen LogP contribution in [0.3, 0.4) is 0 Å². The fourth-order valence-electron chi connectivity index (χ4n) is 2.10. The highest BCUT2D eigenvalue weighted by molar-refractivity contribution is 7.09. The molecule has 2 heterocycles. The Morgan fingerprint density at radius 1 is 1.39 bits per heavy atom. The molecule has 0 radical (unpaired) electrons. The van der Waals surface area contributed by atoms with Gasteiger partial charge >= 0.3 is 6.09 Å². The Balaban J connectivity index is 1.78. The number of nitrogens with zero attached hydrogens (tertiary/aromatic N) is 3. The van der Waals surface area contributed by atoms with Crippen LogP contribution in [-0.2, 0) is 24.1 Å². The molecule has 0 unspecified atom stereocenters. The highest BCUT2D eigenvalue weighted by Crippen LogP contribution is 2.11. The van der Waals surface area contributed by atoms with Gasteiger partial charge in [-0.1, -0.05) is 0 Å². The number of ether oxygens (including phenoxy) is 1. The van der Waals surface area contributed by atoms with Crippen molar-refractivity contribution in [3.05, 3.63) is 34.3 Å². The fraction of sp³-hybridized carbons (Fsp3) is 0.562. The van der Waals surface area contributed by atoms with Crippen molar-refractivity contribution in [1.29, 1.82) is 0 Å². The second-order valence-electron chi connectivity index (χ2n) is 6.39. The molecule has 0 aliphatic heterocycles. The van der Waals surface area contributed by atoms with Crippen LogP contribution in [0.2, 0.25) is 0 Å². The maximum absolute atomic E-state index is 11.6. The Hall–Kier alpha value is -1.89. The molecule has 0 spiro atoms. The summed E-state index contributed by atoms with van der Waals surface area (Å²) in [5.41, 5.74) is 1.68. The Kier molecular flexibility index (Phi) is 5.76. The van der Waals surface area contributed by atoms with E-state index in [-0.39, 0.29) is 6.09 Å². The number of nitrogens with one attached hydrogen (secondary N) is 1. The molecular weight excluding hydrogens is 312 g/mol. The quantitative estimate of drug-likeness (QED) is 0.880. The van der Waals surface area contributed by atoms with E-state index in [0.717, 1.165) is 35.8 Å². The van der Waals surface area contributed by atoms with Gasteiger partial charge in [0.1, 0.15) is 5.60 Å². The molecule has 0 aliphatic rings. The Labute approximate surface area is 140 Å². The lowest BCUT2D eigenvalue weighted by Gasteiger charge is -2.19. The van der Waals surface area contributed by atoms with E-state index in [4.69, 9.17) is 4.74 Å². The van der Waals surface area contributed by atoms with Crippen LogP contribution >= 0.6 is 11.3 Å². The van der Waals surface area contributed by atoms with Gasteiger partial charge in [-0.15, -0.1) is 11.3 Å². The van der Waals surface area contributed by atoms with Crippen LogP contribution in [0.25, 0.3) is 0 Å². The van der Waals surface area contributed by atoms with Crippen molar-refractivity contribution in [3.63, 3.8) is 0 Å². The third-order valence-electron chi connectivity index (χ3n) is 3.08. The molecule has 6 nitrogen and oxygen atoms in total. The second kappa shape index (κ2) is 7.59. The lowest BCUT2D eigenvalue weighted by atomic mass is 10.2. The van der Waals surface area contributed by atoms with Crippen LogP contribution in [0.4, 0.5) is 4.79 Å². The molecule has 1 N–H and O–H groups in total. The van der Waals surface area contributed by atoms with Crippen LogP contribution in [0.15, 0.2) is 17.9 Å². The van der Waals surface area contributed by atoms with Crippen molar-refractivity contribution in [3.8, 4) is 0 Å². The normalized spacial score (nSPS) is 11.5. The van der Waals surface area contributed by atoms with Crippen LogP contribution in [0.1, 0.15) is 37.2 Å². The van der Waals surface area contributed by atoms with Crippen molar-refractivity contribution in [2.45, 2.75) is 52.7 Å². The first kappa shape index (κ1) is 17.5. The smallest absolute Gasteiger partial charge is 0.407 e. The van der Waals surface area contributed by atoms with Crippen molar-refractivity contribution in [1.82, 2.24) is 19.9 Å². The maximum Gasteiger partial charge on any atom is 0.407 e. The molecule has 0 bridgehead atoms. The van der Waals surface area contributed by atoms with Gasteiger partial charge in [-0.25, -0.2) is 14.8 Å². The van der Waals surface area contributed by atoms with E-state index in [9.17, 15) is 4.79 Å². The first-order valence-electron chi connectivity index (χ1n) is 7.70. The standard InChI is InChI=1S/C16H24N4O2S/c1-12-10-23-14(19-12)6-8-20-11-17-9-13(20)5-7-18-15(21)22-16(2,3)4/h9-11H,5-8H2,1-4H3,(H,18,21). The lowest BCUT2D eigenvalue weighted by Crippen LogP contribution is -2.33. The third kappa shape index (κ3) is 6.02. The Morgan fingerprint density at radius 2 is 2.17 bits per heavy atom. The first-order valence-corrected chi connectivity index (χ1v) is 8.58. The molecule has 0 saturated heterocycles. The summed E-state index contributed by atoms with van der Waals surface area (Å²) in [6, 6.07) is 0. The van der Waals surface area contributed by atoms with Gasteiger partial charge in [-0.2, -0.15) is 0 Å². The van der Waals surface area contributed by atoms with Gasteiger partial charge in [-0.05, 0) is 27.7 Å². The number of amides is 1. The Morgan fingerprint density at radius 3 is 2.83 bits per heavy atom. The van der Waals surface area contributed by atoms with E-state index in [1.165, 1.54) is 0 Å². The molecule has 0 aliphatic carbocycles. The van der Waals surface area contributed by atoms with Crippen LogP contribution in [0, 0.1) is 6.92 Å². The number of carbonyl (C=O) groups excluding carboxylic acids is 1. The van der Waals surface area contributed by atoms with E-state index in [2.05, 4.69) is 25.2 Å². The van der Waals surface area contributed by atoms with Gasteiger partial charge in [0.2, 0.25) is 0 Å². The molecular formula is C16H24N4O2S. The summed E-state index contributed by atoms with van der Waals surface area (Å²) in [7, 11) is 0. The van der Waals surface area contributed by atoms with Gasteiger partial charge in [0.05, 0.1) is 11.3 Å². The van der Waals surface area contributed by atoms with Crippen molar-refractivity contribution in [2.24, 2.45) is 0 Å². The summed E-state index contributed by atoms with van der Waals surface area (Å²) < 4.78 is 7.32. The van der Waals surface area contributed by atoms with Gasteiger partial charge in [0, 0.05) is 48.9 Å².